The SMILES string of the molecule is CC(C)(C)OC(=O)N1CCC[C@@H](Oc2cccc(C(F)(F)F)c2Cl)C1. The number of carbonyl (C=O) groups is 1. The Morgan fingerprint density at radius 2 is 1.96 bits per heavy atom. The van der Waals surface area contributed by atoms with Crippen LogP contribution in [-0.2, 0) is 10.9 Å². The molecule has 1 fully saturated rings. The molecule has 2 rings (SSSR count). The second kappa shape index (κ2) is 7.32. The van der Waals surface area contributed by atoms with E-state index in [2.05, 4.69) is 0 Å². The number of halogens is 4. The van der Waals surface area contributed by atoms with E-state index >= 15 is 0 Å². The highest BCUT2D eigenvalue weighted by atomic mass is 35.5. The first-order valence-electron chi connectivity index (χ1n) is 7.97. The van der Waals surface area contributed by atoms with Crippen molar-refractivity contribution in [2.45, 2.75) is 51.5 Å². The highest BCUT2D eigenvalue weighted by molar-refractivity contribution is 6.32. The van der Waals surface area contributed by atoms with E-state index in [0.717, 1.165) is 6.07 Å². The molecule has 0 N–H and O–H groups in total. The second-order valence-electron chi connectivity index (χ2n) is 6.92. The third-order valence-corrected chi connectivity index (χ3v) is 3.98. The third kappa shape index (κ3) is 5.42. The number of hydrogen-bond donors (Lipinski definition) is 0. The van der Waals surface area contributed by atoms with Gasteiger partial charge < -0.3 is 14.4 Å². The molecule has 0 aromatic heterocycles. The van der Waals surface area contributed by atoms with E-state index in [0.29, 0.717) is 19.4 Å². The predicted molar refractivity (Wildman–Crippen MR) is 87.9 cm³/mol. The fourth-order valence-electron chi connectivity index (χ4n) is 2.53. The lowest BCUT2D eigenvalue weighted by Gasteiger charge is -2.34. The minimum Gasteiger partial charge on any atom is -0.487 e. The van der Waals surface area contributed by atoms with Gasteiger partial charge in [0.25, 0.3) is 0 Å². The predicted octanol–water partition coefficient (Wildman–Crippen LogP) is 5.14. The van der Waals surface area contributed by atoms with Crippen LogP contribution in [-0.4, -0.2) is 35.8 Å². The number of benzene rings is 1. The lowest BCUT2D eigenvalue weighted by Crippen LogP contribution is -2.46. The van der Waals surface area contributed by atoms with Gasteiger partial charge in [0.05, 0.1) is 17.1 Å². The van der Waals surface area contributed by atoms with Gasteiger partial charge in [0.15, 0.2) is 0 Å². The highest BCUT2D eigenvalue weighted by Crippen LogP contribution is 2.39. The van der Waals surface area contributed by atoms with E-state index in [1.165, 1.54) is 17.0 Å². The summed E-state index contributed by atoms with van der Waals surface area (Å²) in [6, 6.07) is 3.55. The van der Waals surface area contributed by atoms with Crippen LogP contribution in [0.25, 0.3) is 0 Å². The smallest absolute Gasteiger partial charge is 0.417 e. The van der Waals surface area contributed by atoms with Crippen molar-refractivity contribution >= 4 is 17.7 Å². The monoisotopic (exact) mass is 379 g/mol. The number of likely N-dealkylation sites (tertiary alicyclic amines) is 1. The molecule has 1 aromatic carbocycles. The van der Waals surface area contributed by atoms with Crippen LogP contribution in [0.1, 0.15) is 39.2 Å². The Kier molecular flexibility index (Phi) is 5.76. The van der Waals surface area contributed by atoms with Crippen LogP contribution in [0.5, 0.6) is 5.75 Å². The van der Waals surface area contributed by atoms with Gasteiger partial charge in [-0.05, 0) is 45.7 Å². The summed E-state index contributed by atoms with van der Waals surface area (Å²) in [5.74, 6) is -0.0347. The Labute approximate surface area is 149 Å². The molecule has 1 aliphatic rings. The molecule has 1 aliphatic heterocycles. The topological polar surface area (TPSA) is 38.8 Å². The summed E-state index contributed by atoms with van der Waals surface area (Å²) in [6.07, 6.45) is -4.17. The fourth-order valence-corrected chi connectivity index (χ4v) is 2.80. The summed E-state index contributed by atoms with van der Waals surface area (Å²) in [6.45, 7) is 6.06. The molecule has 1 atom stereocenters. The van der Waals surface area contributed by atoms with Crippen LogP contribution in [0.2, 0.25) is 5.02 Å². The molecule has 0 saturated carbocycles. The Bertz CT molecular complexity index is 629. The Morgan fingerprint density at radius 3 is 2.56 bits per heavy atom. The Morgan fingerprint density at radius 1 is 1.28 bits per heavy atom. The molecule has 0 unspecified atom stereocenters. The number of piperidine rings is 1. The quantitative estimate of drug-likeness (QED) is 0.714. The van der Waals surface area contributed by atoms with Crippen LogP contribution < -0.4 is 4.74 Å². The van der Waals surface area contributed by atoms with Gasteiger partial charge in [0, 0.05) is 6.54 Å². The molecule has 0 aliphatic carbocycles. The molecule has 1 heterocycles. The first-order chi connectivity index (χ1) is 11.5. The molecule has 1 saturated heterocycles. The van der Waals surface area contributed by atoms with Crippen molar-refractivity contribution in [3.05, 3.63) is 28.8 Å². The molecule has 1 aromatic rings. The summed E-state index contributed by atoms with van der Waals surface area (Å²) >= 11 is 5.85. The number of alkyl halides is 3. The lowest BCUT2D eigenvalue weighted by molar-refractivity contribution is -0.137. The Hall–Kier alpha value is -1.63. The average Bonchev–Trinajstić information content (AvgIpc) is 2.47. The fraction of sp³-hybridized carbons (Fsp3) is 0.588. The summed E-state index contributed by atoms with van der Waals surface area (Å²) in [5.41, 5.74) is -1.55. The van der Waals surface area contributed by atoms with Crippen molar-refractivity contribution in [3.8, 4) is 5.75 Å². The maximum atomic E-state index is 12.9. The van der Waals surface area contributed by atoms with Gasteiger partial charge in [0.1, 0.15) is 17.5 Å². The van der Waals surface area contributed by atoms with Crippen LogP contribution in [0.15, 0.2) is 18.2 Å². The van der Waals surface area contributed by atoms with Crippen molar-refractivity contribution < 1.29 is 27.4 Å². The zero-order valence-corrected chi connectivity index (χ0v) is 15.1. The number of hydrogen-bond acceptors (Lipinski definition) is 3. The van der Waals surface area contributed by atoms with E-state index in [1.54, 1.807) is 20.8 Å². The number of carbonyl (C=O) groups excluding carboxylic acids is 1. The molecular formula is C17H21ClF3NO3. The number of amides is 1. The van der Waals surface area contributed by atoms with E-state index in [4.69, 9.17) is 21.1 Å². The molecule has 25 heavy (non-hydrogen) atoms. The van der Waals surface area contributed by atoms with Gasteiger partial charge in [-0.25, -0.2) is 4.79 Å². The molecule has 0 spiro atoms. The van der Waals surface area contributed by atoms with Gasteiger partial charge >= 0.3 is 12.3 Å². The standard InChI is InChI=1S/C17H21ClF3NO3/c1-16(2,3)25-15(23)22-9-5-6-11(10-22)24-13-8-4-7-12(14(13)18)17(19,20)21/h4,7-8,11H,5-6,9-10H2,1-3H3/t11-/m1/s1. The van der Waals surface area contributed by atoms with Crippen LogP contribution in [0, 0.1) is 0 Å². The van der Waals surface area contributed by atoms with Crippen molar-refractivity contribution in [1.29, 1.82) is 0 Å². The Balaban J connectivity index is 2.07. The largest absolute Gasteiger partial charge is 0.487 e. The van der Waals surface area contributed by atoms with Crippen LogP contribution in [0.4, 0.5) is 18.0 Å². The summed E-state index contributed by atoms with van der Waals surface area (Å²) < 4.78 is 49.7. The molecule has 1 amide bonds. The minimum absolute atomic E-state index is 0.0347. The number of nitrogens with zero attached hydrogens (tertiary/aromatic N) is 1. The second-order valence-corrected chi connectivity index (χ2v) is 7.30. The average molecular weight is 380 g/mol. The van der Waals surface area contributed by atoms with Crippen molar-refractivity contribution in [1.82, 2.24) is 4.90 Å². The number of rotatable bonds is 2. The maximum Gasteiger partial charge on any atom is 0.417 e. The first-order valence-corrected chi connectivity index (χ1v) is 8.35. The molecule has 4 nitrogen and oxygen atoms in total. The van der Waals surface area contributed by atoms with Gasteiger partial charge in [-0.1, -0.05) is 17.7 Å². The zero-order chi connectivity index (χ0) is 18.8. The molecular weight excluding hydrogens is 359 g/mol. The van der Waals surface area contributed by atoms with Gasteiger partial charge in [-0.2, -0.15) is 13.2 Å². The van der Waals surface area contributed by atoms with Gasteiger partial charge in [-0.15, -0.1) is 0 Å². The molecule has 8 heteroatoms. The van der Waals surface area contributed by atoms with Crippen molar-refractivity contribution in [2.24, 2.45) is 0 Å². The van der Waals surface area contributed by atoms with E-state index in [9.17, 15) is 18.0 Å². The molecule has 0 radical (unpaired) electrons. The molecule has 0 bridgehead atoms. The number of ether oxygens (including phenoxy) is 2. The summed E-state index contributed by atoms with van der Waals surface area (Å²) in [4.78, 5) is 13.6. The van der Waals surface area contributed by atoms with E-state index in [-0.39, 0.29) is 12.3 Å². The maximum absolute atomic E-state index is 12.9. The van der Waals surface area contributed by atoms with E-state index < -0.39 is 34.6 Å². The molecule has 140 valence electrons. The van der Waals surface area contributed by atoms with Crippen LogP contribution >= 0.6 is 11.6 Å². The van der Waals surface area contributed by atoms with E-state index in [1.807, 2.05) is 0 Å². The highest BCUT2D eigenvalue weighted by Gasteiger charge is 2.35. The van der Waals surface area contributed by atoms with Gasteiger partial charge in [0.2, 0.25) is 0 Å². The van der Waals surface area contributed by atoms with Crippen molar-refractivity contribution in [2.75, 3.05) is 13.1 Å². The third-order valence-electron chi connectivity index (χ3n) is 3.59. The van der Waals surface area contributed by atoms with Crippen LogP contribution in [0.3, 0.4) is 0 Å². The zero-order valence-electron chi connectivity index (χ0n) is 14.3. The lowest BCUT2D eigenvalue weighted by atomic mass is 10.1. The normalized spacial score (nSPS) is 18.8. The van der Waals surface area contributed by atoms with Crippen molar-refractivity contribution in [3.63, 3.8) is 0 Å². The first kappa shape index (κ1) is 19.7. The summed E-state index contributed by atoms with van der Waals surface area (Å²) in [5, 5.41) is -0.468. The minimum atomic E-state index is -4.55. The summed E-state index contributed by atoms with van der Waals surface area (Å²) in [7, 11) is 0. The van der Waals surface area contributed by atoms with Gasteiger partial charge in [-0.3, -0.25) is 0 Å².